The van der Waals surface area contributed by atoms with Gasteiger partial charge in [0.15, 0.2) is 5.69 Å². The molecule has 2 aromatic carbocycles. The highest BCUT2D eigenvalue weighted by atomic mass is 16.5. The van der Waals surface area contributed by atoms with Gasteiger partial charge in [-0.05, 0) is 30.5 Å². The van der Waals surface area contributed by atoms with Gasteiger partial charge in [0.1, 0.15) is 18.1 Å². The molecule has 1 aliphatic heterocycles. The third kappa shape index (κ3) is 2.86. The molecule has 0 fully saturated rings. The van der Waals surface area contributed by atoms with Crippen molar-refractivity contribution in [1.29, 1.82) is 5.26 Å². The largest absolute Gasteiger partial charge is 0.497 e. The number of nitrogens with zero attached hydrogens (tertiary/aromatic N) is 6. The van der Waals surface area contributed by atoms with E-state index in [1.807, 2.05) is 45.6 Å². The normalized spacial score (nSPS) is 11.7. The van der Waals surface area contributed by atoms with Gasteiger partial charge >= 0.3 is 0 Å². The summed E-state index contributed by atoms with van der Waals surface area (Å²) in [5.74, 6) is 0.736. The number of nitriles is 1. The van der Waals surface area contributed by atoms with E-state index in [4.69, 9.17) is 4.74 Å². The molecule has 5 rings (SSSR count). The zero-order valence-electron chi connectivity index (χ0n) is 15.9. The predicted molar refractivity (Wildman–Crippen MR) is 106 cm³/mol. The van der Waals surface area contributed by atoms with E-state index in [0.717, 1.165) is 47.0 Å². The van der Waals surface area contributed by atoms with Gasteiger partial charge in [-0.15, -0.1) is 5.10 Å². The second-order valence-electron chi connectivity index (χ2n) is 6.93. The molecule has 0 saturated heterocycles. The Morgan fingerprint density at radius 1 is 1.07 bits per heavy atom. The monoisotopic (exact) mass is 382 g/mol. The molecule has 7 nitrogen and oxygen atoms in total. The zero-order chi connectivity index (χ0) is 19.8. The Morgan fingerprint density at radius 2 is 1.93 bits per heavy atom. The van der Waals surface area contributed by atoms with Crippen molar-refractivity contribution in [3.8, 4) is 23.2 Å². The summed E-state index contributed by atoms with van der Waals surface area (Å²) in [4.78, 5) is 4.30. The molecule has 0 saturated carbocycles. The van der Waals surface area contributed by atoms with Crippen molar-refractivity contribution >= 4 is 0 Å². The second kappa shape index (κ2) is 6.91. The summed E-state index contributed by atoms with van der Waals surface area (Å²) >= 11 is 0. The number of ether oxygens (including phenoxy) is 1. The summed E-state index contributed by atoms with van der Waals surface area (Å²) in [6, 6.07) is 18.3. The molecule has 0 aliphatic carbocycles. The molecule has 3 heterocycles. The first-order valence-electron chi connectivity index (χ1n) is 9.41. The molecule has 4 aromatic rings. The fraction of sp³-hybridized carbons (Fsp3) is 0.182. The highest BCUT2D eigenvalue weighted by molar-refractivity contribution is 5.59. The molecule has 142 valence electrons. The van der Waals surface area contributed by atoms with Crippen LogP contribution in [0.1, 0.15) is 28.3 Å². The van der Waals surface area contributed by atoms with Crippen LogP contribution in [0.2, 0.25) is 0 Å². The van der Waals surface area contributed by atoms with Crippen LogP contribution in [0.25, 0.3) is 11.4 Å². The number of imidazole rings is 1. The van der Waals surface area contributed by atoms with Crippen molar-refractivity contribution in [3.63, 3.8) is 0 Å². The van der Waals surface area contributed by atoms with Crippen LogP contribution in [0.3, 0.4) is 0 Å². The van der Waals surface area contributed by atoms with Gasteiger partial charge in [0.05, 0.1) is 35.6 Å². The molecule has 1 aliphatic rings. The van der Waals surface area contributed by atoms with Crippen molar-refractivity contribution < 1.29 is 4.74 Å². The minimum atomic E-state index is 0.426. The van der Waals surface area contributed by atoms with E-state index >= 15 is 0 Å². The van der Waals surface area contributed by atoms with E-state index in [-0.39, 0.29) is 0 Å². The third-order valence-corrected chi connectivity index (χ3v) is 5.31. The summed E-state index contributed by atoms with van der Waals surface area (Å²) in [7, 11) is 1.64. The number of benzene rings is 2. The maximum Gasteiger partial charge on any atom is 0.162 e. The minimum Gasteiger partial charge on any atom is -0.497 e. The number of fused-ring (bicyclic) bond motifs is 5. The van der Waals surface area contributed by atoms with Gasteiger partial charge in [-0.25, -0.2) is 9.67 Å². The number of aryl methyl sites for hydroxylation is 2. The summed E-state index contributed by atoms with van der Waals surface area (Å²) in [5, 5.41) is 18.5. The number of rotatable bonds is 4. The lowest BCUT2D eigenvalue weighted by atomic mass is 10.1. The maximum absolute atomic E-state index is 9.54. The number of hydrogen-bond acceptors (Lipinski definition) is 5. The fourth-order valence-corrected chi connectivity index (χ4v) is 3.81. The van der Waals surface area contributed by atoms with Gasteiger partial charge in [-0.3, -0.25) is 4.57 Å². The second-order valence-corrected chi connectivity index (χ2v) is 6.93. The summed E-state index contributed by atoms with van der Waals surface area (Å²) in [5.41, 5.74) is 6.20. The number of aromatic nitrogens is 5. The average Bonchev–Trinajstić information content (AvgIpc) is 3.33. The molecular weight excluding hydrogens is 364 g/mol. The molecule has 0 spiro atoms. The van der Waals surface area contributed by atoms with Gasteiger partial charge in [0, 0.05) is 12.5 Å². The lowest BCUT2D eigenvalue weighted by Crippen LogP contribution is -2.05. The standard InChI is InChI=1S/C22H18N6O/c1-29-16-8-10-19-22(11-16)28-21(12-20-18(13-23)24-14-27(19)20)17(25-26-28)9-7-15-5-3-2-4-6-15/h2-6,8,10-11,14H,7,9,12H2,1H3. The predicted octanol–water partition coefficient (Wildman–Crippen LogP) is 3.02. The molecule has 29 heavy (non-hydrogen) atoms. The van der Waals surface area contributed by atoms with Crippen molar-refractivity contribution in [1.82, 2.24) is 24.5 Å². The molecule has 0 atom stereocenters. The average molecular weight is 382 g/mol. The molecule has 0 amide bonds. The first kappa shape index (κ1) is 17.2. The lowest BCUT2D eigenvalue weighted by molar-refractivity contribution is 0.414. The zero-order valence-corrected chi connectivity index (χ0v) is 15.9. The topological polar surface area (TPSA) is 81.6 Å². The smallest absolute Gasteiger partial charge is 0.162 e. The van der Waals surface area contributed by atoms with Gasteiger partial charge in [-0.2, -0.15) is 5.26 Å². The Hall–Kier alpha value is -3.92. The van der Waals surface area contributed by atoms with Gasteiger partial charge in [0.2, 0.25) is 0 Å². The van der Waals surface area contributed by atoms with E-state index in [1.165, 1.54) is 5.56 Å². The Kier molecular flexibility index (Phi) is 4.10. The molecular formula is C22H18N6O. The highest BCUT2D eigenvalue weighted by Gasteiger charge is 2.26. The van der Waals surface area contributed by atoms with Crippen LogP contribution in [0.4, 0.5) is 0 Å². The fourth-order valence-electron chi connectivity index (χ4n) is 3.81. The summed E-state index contributed by atoms with van der Waals surface area (Å²) < 4.78 is 9.25. The quantitative estimate of drug-likeness (QED) is 0.477. The van der Waals surface area contributed by atoms with Crippen molar-refractivity contribution in [2.75, 3.05) is 7.11 Å². The first-order chi connectivity index (χ1) is 14.3. The summed E-state index contributed by atoms with van der Waals surface area (Å²) in [6.07, 6.45) is 3.89. The molecule has 0 bridgehead atoms. The molecule has 7 heteroatoms. The third-order valence-electron chi connectivity index (χ3n) is 5.31. The lowest BCUT2D eigenvalue weighted by Gasteiger charge is -2.11. The Morgan fingerprint density at radius 3 is 2.72 bits per heavy atom. The van der Waals surface area contributed by atoms with Gasteiger partial charge in [0.25, 0.3) is 0 Å². The number of methoxy groups -OCH3 is 1. The van der Waals surface area contributed by atoms with Crippen molar-refractivity contribution in [2.24, 2.45) is 0 Å². The molecule has 0 unspecified atom stereocenters. The Labute approximate surface area is 167 Å². The van der Waals surface area contributed by atoms with Crippen molar-refractivity contribution in [3.05, 3.63) is 83.2 Å². The molecule has 0 N–H and O–H groups in total. The van der Waals surface area contributed by atoms with Crippen LogP contribution in [0, 0.1) is 11.3 Å². The van der Waals surface area contributed by atoms with Crippen molar-refractivity contribution in [2.45, 2.75) is 19.3 Å². The van der Waals surface area contributed by atoms with E-state index in [2.05, 4.69) is 33.5 Å². The van der Waals surface area contributed by atoms with Crippen LogP contribution in [-0.2, 0) is 19.3 Å². The Balaban J connectivity index is 1.63. The van der Waals surface area contributed by atoms with Crippen LogP contribution in [0.15, 0.2) is 54.9 Å². The first-order valence-corrected chi connectivity index (χ1v) is 9.41. The molecule has 2 aromatic heterocycles. The van der Waals surface area contributed by atoms with E-state index in [0.29, 0.717) is 12.1 Å². The minimum absolute atomic E-state index is 0.426. The van der Waals surface area contributed by atoms with Crippen LogP contribution in [0.5, 0.6) is 5.75 Å². The summed E-state index contributed by atoms with van der Waals surface area (Å²) in [6.45, 7) is 0. The van der Waals surface area contributed by atoms with E-state index in [1.54, 1.807) is 13.4 Å². The van der Waals surface area contributed by atoms with E-state index in [9.17, 15) is 5.26 Å². The molecule has 0 radical (unpaired) electrons. The van der Waals surface area contributed by atoms with Gasteiger partial charge in [-0.1, -0.05) is 35.5 Å². The van der Waals surface area contributed by atoms with Crippen LogP contribution < -0.4 is 4.74 Å². The highest BCUT2D eigenvalue weighted by Crippen LogP contribution is 2.32. The number of hydrogen-bond donors (Lipinski definition) is 0. The van der Waals surface area contributed by atoms with Gasteiger partial charge < -0.3 is 4.74 Å². The maximum atomic E-state index is 9.54. The van der Waals surface area contributed by atoms with Crippen LogP contribution in [-0.4, -0.2) is 31.7 Å². The van der Waals surface area contributed by atoms with Crippen LogP contribution >= 0.6 is 0 Å². The Bertz CT molecular complexity index is 1230. The van der Waals surface area contributed by atoms with E-state index < -0.39 is 0 Å². The SMILES string of the molecule is COc1ccc2c(c1)-n1nnc(CCc3ccccc3)c1Cc1c(C#N)ncn1-2.